The number of nitrogens with zero attached hydrogens (tertiary/aromatic N) is 3. The van der Waals surface area contributed by atoms with E-state index in [-0.39, 0.29) is 5.91 Å². The van der Waals surface area contributed by atoms with Crippen LogP contribution in [0.3, 0.4) is 0 Å². The van der Waals surface area contributed by atoms with Gasteiger partial charge in [-0.2, -0.15) is 0 Å². The molecule has 0 spiro atoms. The molecule has 1 amide bonds. The summed E-state index contributed by atoms with van der Waals surface area (Å²) >= 11 is 0. The monoisotopic (exact) mass is 326 g/mol. The minimum Gasteiger partial charge on any atom is -0.497 e. The average Bonchev–Trinajstić information content (AvgIpc) is 2.67. The molecule has 6 heteroatoms. The summed E-state index contributed by atoms with van der Waals surface area (Å²) in [6.07, 6.45) is 3.64. The van der Waals surface area contributed by atoms with Gasteiger partial charge in [0.2, 0.25) is 0 Å². The van der Waals surface area contributed by atoms with Crippen LogP contribution in [0.5, 0.6) is 5.75 Å². The van der Waals surface area contributed by atoms with Crippen molar-refractivity contribution in [2.75, 3.05) is 25.1 Å². The molecule has 0 saturated carbocycles. The van der Waals surface area contributed by atoms with Gasteiger partial charge in [0.1, 0.15) is 5.75 Å². The summed E-state index contributed by atoms with van der Waals surface area (Å²) in [4.78, 5) is 14.4. The molecule has 0 atom stereocenters. The van der Waals surface area contributed by atoms with Crippen molar-refractivity contribution in [3.05, 3.63) is 47.7 Å². The molecule has 0 radical (unpaired) electrons. The molecular weight excluding hydrogens is 304 g/mol. The molecule has 3 rings (SSSR count). The van der Waals surface area contributed by atoms with Gasteiger partial charge in [0.15, 0.2) is 11.5 Å². The van der Waals surface area contributed by atoms with Crippen LogP contribution in [-0.4, -0.2) is 36.3 Å². The van der Waals surface area contributed by atoms with E-state index < -0.39 is 0 Å². The SMILES string of the molecule is COc1cccc(CNC(=O)c2ccc(N3CCCCC3)nn2)c1. The smallest absolute Gasteiger partial charge is 0.272 e. The molecule has 1 saturated heterocycles. The van der Waals surface area contributed by atoms with E-state index in [4.69, 9.17) is 4.74 Å². The number of amides is 1. The molecule has 1 N–H and O–H groups in total. The summed E-state index contributed by atoms with van der Waals surface area (Å²) in [5.74, 6) is 1.39. The third kappa shape index (κ3) is 4.01. The van der Waals surface area contributed by atoms with Crippen molar-refractivity contribution in [3.63, 3.8) is 0 Å². The van der Waals surface area contributed by atoms with Crippen molar-refractivity contribution in [1.82, 2.24) is 15.5 Å². The number of hydrogen-bond acceptors (Lipinski definition) is 5. The summed E-state index contributed by atoms with van der Waals surface area (Å²) in [6, 6.07) is 11.2. The maximum atomic E-state index is 12.2. The van der Waals surface area contributed by atoms with Crippen LogP contribution < -0.4 is 15.0 Å². The molecule has 1 aliphatic heterocycles. The third-order valence-corrected chi connectivity index (χ3v) is 4.15. The molecule has 1 aromatic carbocycles. The lowest BCUT2D eigenvalue weighted by Gasteiger charge is -2.27. The zero-order valence-corrected chi connectivity index (χ0v) is 13.9. The van der Waals surface area contributed by atoms with Crippen molar-refractivity contribution in [2.45, 2.75) is 25.8 Å². The Kier molecular flexibility index (Phi) is 5.25. The Bertz CT molecular complexity index is 682. The zero-order valence-electron chi connectivity index (χ0n) is 13.9. The van der Waals surface area contributed by atoms with Crippen LogP contribution in [0.25, 0.3) is 0 Å². The largest absolute Gasteiger partial charge is 0.497 e. The number of benzene rings is 1. The Morgan fingerprint density at radius 3 is 2.71 bits per heavy atom. The quantitative estimate of drug-likeness (QED) is 0.914. The van der Waals surface area contributed by atoms with E-state index in [0.29, 0.717) is 12.2 Å². The van der Waals surface area contributed by atoms with Crippen LogP contribution in [0.2, 0.25) is 0 Å². The summed E-state index contributed by atoms with van der Waals surface area (Å²) < 4.78 is 5.18. The maximum Gasteiger partial charge on any atom is 0.272 e. The third-order valence-electron chi connectivity index (χ3n) is 4.15. The highest BCUT2D eigenvalue weighted by atomic mass is 16.5. The molecule has 0 unspecified atom stereocenters. The molecule has 1 aromatic heterocycles. The highest BCUT2D eigenvalue weighted by Crippen LogP contribution is 2.16. The van der Waals surface area contributed by atoms with E-state index in [9.17, 15) is 4.79 Å². The number of ether oxygens (including phenoxy) is 1. The highest BCUT2D eigenvalue weighted by molar-refractivity contribution is 5.92. The van der Waals surface area contributed by atoms with E-state index >= 15 is 0 Å². The van der Waals surface area contributed by atoms with Gasteiger partial charge in [-0.25, -0.2) is 0 Å². The first-order valence-electron chi connectivity index (χ1n) is 8.26. The summed E-state index contributed by atoms with van der Waals surface area (Å²) in [7, 11) is 1.62. The molecule has 1 fully saturated rings. The first-order chi connectivity index (χ1) is 11.8. The number of hydrogen-bond donors (Lipinski definition) is 1. The number of aromatic nitrogens is 2. The van der Waals surface area contributed by atoms with Crippen LogP contribution in [0, 0.1) is 0 Å². The van der Waals surface area contributed by atoms with Gasteiger partial charge in [-0.15, -0.1) is 10.2 Å². The van der Waals surface area contributed by atoms with Gasteiger partial charge < -0.3 is 15.0 Å². The Morgan fingerprint density at radius 1 is 1.17 bits per heavy atom. The van der Waals surface area contributed by atoms with Gasteiger partial charge in [-0.05, 0) is 49.1 Å². The van der Waals surface area contributed by atoms with Gasteiger partial charge in [0.25, 0.3) is 5.91 Å². The minimum atomic E-state index is -0.226. The van der Waals surface area contributed by atoms with Crippen LogP contribution in [-0.2, 0) is 6.54 Å². The van der Waals surface area contributed by atoms with Crippen LogP contribution in [0.4, 0.5) is 5.82 Å². The molecule has 2 aromatic rings. The second-order valence-corrected chi connectivity index (χ2v) is 5.86. The standard InChI is InChI=1S/C18H22N4O2/c1-24-15-7-5-6-14(12-15)13-19-18(23)16-8-9-17(21-20-16)22-10-3-2-4-11-22/h5-9,12H,2-4,10-11,13H2,1H3,(H,19,23). The number of rotatable bonds is 5. The fourth-order valence-corrected chi connectivity index (χ4v) is 2.79. The minimum absolute atomic E-state index is 0.226. The lowest BCUT2D eigenvalue weighted by Crippen LogP contribution is -2.31. The first kappa shape index (κ1) is 16.2. The Hall–Kier alpha value is -2.63. The lowest BCUT2D eigenvalue weighted by atomic mass is 10.1. The lowest BCUT2D eigenvalue weighted by molar-refractivity contribution is 0.0945. The number of carbonyl (C=O) groups excluding carboxylic acids is 1. The van der Waals surface area contributed by atoms with Crippen molar-refractivity contribution < 1.29 is 9.53 Å². The van der Waals surface area contributed by atoms with Crippen LogP contribution in [0.15, 0.2) is 36.4 Å². The van der Waals surface area contributed by atoms with Gasteiger partial charge in [-0.1, -0.05) is 12.1 Å². The predicted octanol–water partition coefficient (Wildman–Crippen LogP) is 2.41. The van der Waals surface area contributed by atoms with Crippen molar-refractivity contribution >= 4 is 11.7 Å². The number of methoxy groups -OCH3 is 1. The van der Waals surface area contributed by atoms with Crippen LogP contribution in [0.1, 0.15) is 35.3 Å². The second-order valence-electron chi connectivity index (χ2n) is 5.86. The van der Waals surface area contributed by atoms with Crippen LogP contribution >= 0.6 is 0 Å². The topological polar surface area (TPSA) is 67.3 Å². The number of carbonyl (C=O) groups is 1. The molecule has 2 heterocycles. The van der Waals surface area contributed by atoms with E-state index in [1.54, 1.807) is 13.2 Å². The number of anilines is 1. The molecule has 126 valence electrons. The molecule has 0 bridgehead atoms. The van der Waals surface area contributed by atoms with Crippen molar-refractivity contribution in [1.29, 1.82) is 0 Å². The fraction of sp³-hybridized carbons (Fsp3) is 0.389. The number of nitrogens with one attached hydrogen (secondary N) is 1. The van der Waals surface area contributed by atoms with Gasteiger partial charge in [-0.3, -0.25) is 4.79 Å². The zero-order chi connectivity index (χ0) is 16.8. The predicted molar refractivity (Wildman–Crippen MR) is 92.3 cm³/mol. The molecule has 0 aliphatic carbocycles. The molecule has 24 heavy (non-hydrogen) atoms. The van der Waals surface area contributed by atoms with E-state index in [1.807, 2.05) is 30.3 Å². The van der Waals surface area contributed by atoms with E-state index in [1.165, 1.54) is 19.3 Å². The van der Waals surface area contributed by atoms with Gasteiger partial charge in [0.05, 0.1) is 7.11 Å². The average molecular weight is 326 g/mol. The molecular formula is C18H22N4O2. The molecule has 1 aliphatic rings. The van der Waals surface area contributed by atoms with Gasteiger partial charge in [0, 0.05) is 19.6 Å². The second kappa shape index (κ2) is 7.77. The molecule has 6 nitrogen and oxygen atoms in total. The summed E-state index contributed by atoms with van der Waals surface area (Å²) in [5.41, 5.74) is 1.30. The Balaban J connectivity index is 1.58. The Labute approximate surface area is 141 Å². The van der Waals surface area contributed by atoms with Crippen molar-refractivity contribution in [2.24, 2.45) is 0 Å². The first-order valence-corrected chi connectivity index (χ1v) is 8.26. The van der Waals surface area contributed by atoms with E-state index in [0.717, 1.165) is 30.2 Å². The highest BCUT2D eigenvalue weighted by Gasteiger charge is 2.14. The normalized spacial score (nSPS) is 14.3. The maximum absolute atomic E-state index is 12.2. The van der Waals surface area contributed by atoms with Gasteiger partial charge >= 0.3 is 0 Å². The van der Waals surface area contributed by atoms with E-state index in [2.05, 4.69) is 20.4 Å². The fourth-order valence-electron chi connectivity index (χ4n) is 2.79. The number of piperidine rings is 1. The van der Waals surface area contributed by atoms with Crippen molar-refractivity contribution in [3.8, 4) is 5.75 Å². The summed E-state index contributed by atoms with van der Waals surface area (Å²) in [6.45, 7) is 2.44. The summed E-state index contributed by atoms with van der Waals surface area (Å²) in [5, 5.41) is 11.1. The Morgan fingerprint density at radius 2 is 2.00 bits per heavy atom.